The first-order valence-electron chi connectivity index (χ1n) is 13.9. The molecule has 1 aromatic heterocycles. The number of aromatic nitrogens is 1. The Morgan fingerprint density at radius 2 is 1.57 bits per heavy atom. The number of H-pyrrole nitrogens is 1. The van der Waals surface area contributed by atoms with Gasteiger partial charge in [0.2, 0.25) is 5.91 Å². The Balaban J connectivity index is 1.55. The van der Waals surface area contributed by atoms with E-state index < -0.39 is 11.3 Å². The van der Waals surface area contributed by atoms with Gasteiger partial charge in [0.05, 0.1) is 13.2 Å². The highest BCUT2D eigenvalue weighted by atomic mass is 16.5. The van der Waals surface area contributed by atoms with Crippen LogP contribution in [0.2, 0.25) is 0 Å². The van der Waals surface area contributed by atoms with Crippen LogP contribution in [-0.4, -0.2) is 23.5 Å². The minimum absolute atomic E-state index is 0.0552. The third kappa shape index (κ3) is 3.47. The molecule has 5 aromatic rings. The molecule has 7 rings (SSSR count). The predicted molar refractivity (Wildman–Crippen MR) is 156 cm³/mol. The number of esters is 1. The molecule has 1 amide bonds. The second-order valence-corrected chi connectivity index (χ2v) is 10.7. The zero-order valence-electron chi connectivity index (χ0n) is 22.3. The molecule has 0 saturated heterocycles. The van der Waals surface area contributed by atoms with Gasteiger partial charge in [-0.3, -0.25) is 9.59 Å². The number of benzene rings is 4. The molecule has 3 atom stereocenters. The molecule has 1 aliphatic carbocycles. The Labute approximate surface area is 233 Å². The van der Waals surface area contributed by atoms with E-state index in [2.05, 4.69) is 17.1 Å². The minimum Gasteiger partial charge on any atom is -0.465 e. The first-order valence-corrected chi connectivity index (χ1v) is 13.9. The van der Waals surface area contributed by atoms with Gasteiger partial charge in [-0.1, -0.05) is 97.1 Å². The number of fused-ring (bicyclic) bond motifs is 5. The molecular formula is C35H30N2O3. The maximum atomic E-state index is 15.2. The Morgan fingerprint density at radius 3 is 2.35 bits per heavy atom. The van der Waals surface area contributed by atoms with E-state index in [0.717, 1.165) is 44.5 Å². The molecule has 5 nitrogen and oxygen atoms in total. The highest BCUT2D eigenvalue weighted by Gasteiger charge is 2.65. The van der Waals surface area contributed by atoms with Gasteiger partial charge in [0.1, 0.15) is 11.3 Å². The summed E-state index contributed by atoms with van der Waals surface area (Å²) in [4.78, 5) is 35.0. The zero-order chi connectivity index (χ0) is 27.3. The van der Waals surface area contributed by atoms with E-state index in [1.807, 2.05) is 109 Å². The summed E-state index contributed by atoms with van der Waals surface area (Å²) >= 11 is 0. The molecule has 0 saturated carbocycles. The van der Waals surface area contributed by atoms with Gasteiger partial charge in [0.15, 0.2) is 0 Å². The third-order valence-corrected chi connectivity index (χ3v) is 8.68. The van der Waals surface area contributed by atoms with Crippen LogP contribution in [0.3, 0.4) is 0 Å². The van der Waals surface area contributed by atoms with Crippen molar-refractivity contribution >= 4 is 28.5 Å². The molecule has 0 fully saturated rings. The zero-order valence-corrected chi connectivity index (χ0v) is 22.3. The van der Waals surface area contributed by atoms with Gasteiger partial charge in [0.25, 0.3) is 0 Å². The monoisotopic (exact) mass is 526 g/mol. The fourth-order valence-corrected chi connectivity index (χ4v) is 7.14. The van der Waals surface area contributed by atoms with Crippen LogP contribution in [0.15, 0.2) is 109 Å². The van der Waals surface area contributed by atoms with E-state index in [-0.39, 0.29) is 24.4 Å². The van der Waals surface area contributed by atoms with Gasteiger partial charge in [0, 0.05) is 28.2 Å². The quantitative estimate of drug-likeness (QED) is 0.261. The summed E-state index contributed by atoms with van der Waals surface area (Å²) in [6, 6.07) is 36.3. The number of para-hydroxylation sites is 2. The van der Waals surface area contributed by atoms with Crippen molar-refractivity contribution in [3.05, 3.63) is 137 Å². The third-order valence-electron chi connectivity index (χ3n) is 8.68. The number of carbonyl (C=O) groups excluding carboxylic acids is 2. The molecule has 1 aliphatic heterocycles. The van der Waals surface area contributed by atoms with Crippen LogP contribution in [0.4, 0.5) is 5.69 Å². The Morgan fingerprint density at radius 1 is 0.900 bits per heavy atom. The molecule has 0 bridgehead atoms. The number of hydrogen-bond acceptors (Lipinski definition) is 3. The van der Waals surface area contributed by atoms with Crippen LogP contribution in [0.25, 0.3) is 10.9 Å². The van der Waals surface area contributed by atoms with Crippen LogP contribution in [0.5, 0.6) is 0 Å². The molecule has 1 N–H and O–H groups in total. The number of aromatic amines is 1. The Hall–Kier alpha value is -4.64. The summed E-state index contributed by atoms with van der Waals surface area (Å²) in [5.41, 5.74) is 5.48. The van der Waals surface area contributed by atoms with Crippen LogP contribution < -0.4 is 4.90 Å². The summed E-state index contributed by atoms with van der Waals surface area (Å²) in [5.74, 6) is -1.51. The Kier molecular flexibility index (Phi) is 5.81. The van der Waals surface area contributed by atoms with Crippen molar-refractivity contribution < 1.29 is 14.3 Å². The summed E-state index contributed by atoms with van der Waals surface area (Å²) in [6.45, 7) is 2.49. The first-order chi connectivity index (χ1) is 19.6. The molecular weight excluding hydrogens is 496 g/mol. The predicted octanol–water partition coefficient (Wildman–Crippen LogP) is 6.64. The van der Waals surface area contributed by atoms with Crippen molar-refractivity contribution in [1.29, 1.82) is 0 Å². The fourth-order valence-electron chi connectivity index (χ4n) is 7.14. The highest BCUT2D eigenvalue weighted by Crippen LogP contribution is 2.62. The average molecular weight is 527 g/mol. The van der Waals surface area contributed by atoms with E-state index in [4.69, 9.17) is 4.74 Å². The van der Waals surface area contributed by atoms with Gasteiger partial charge in [-0.2, -0.15) is 0 Å². The van der Waals surface area contributed by atoms with Gasteiger partial charge < -0.3 is 14.6 Å². The highest BCUT2D eigenvalue weighted by molar-refractivity contribution is 6.13. The summed E-state index contributed by atoms with van der Waals surface area (Å²) in [5, 5.41) is 0.966. The van der Waals surface area contributed by atoms with Gasteiger partial charge >= 0.3 is 5.97 Å². The van der Waals surface area contributed by atoms with Gasteiger partial charge in [-0.05, 0) is 47.7 Å². The fraction of sp³-hybridized carbons (Fsp3) is 0.200. The van der Waals surface area contributed by atoms with Crippen molar-refractivity contribution in [1.82, 2.24) is 4.98 Å². The van der Waals surface area contributed by atoms with E-state index >= 15 is 4.79 Å². The van der Waals surface area contributed by atoms with E-state index in [1.165, 1.54) is 0 Å². The van der Waals surface area contributed by atoms with Crippen molar-refractivity contribution in [2.75, 3.05) is 11.5 Å². The standard InChI is InChI=1S/C35H30N2O3/c1-2-40-33(38)32-31-25-17-9-11-19-28(25)36-29(31)21-27(24-15-7-4-8-16-24)35(32)26-18-10-12-20-30(26)37(34(35)39)22-23-13-5-3-6-14-23/h3-20,27,32,36H,2,21-22H2,1H3/t27-,32-,35+/m0/s1. The molecule has 2 heterocycles. The molecule has 5 heteroatoms. The summed E-state index contributed by atoms with van der Waals surface area (Å²) in [7, 11) is 0. The number of nitrogens with one attached hydrogen (secondary N) is 1. The van der Waals surface area contributed by atoms with Crippen molar-refractivity contribution in [3.8, 4) is 0 Å². The van der Waals surface area contributed by atoms with E-state index in [0.29, 0.717) is 13.0 Å². The van der Waals surface area contributed by atoms with E-state index in [1.54, 1.807) is 0 Å². The van der Waals surface area contributed by atoms with Crippen molar-refractivity contribution in [2.24, 2.45) is 0 Å². The van der Waals surface area contributed by atoms with Gasteiger partial charge in [-0.25, -0.2) is 0 Å². The molecule has 40 heavy (non-hydrogen) atoms. The topological polar surface area (TPSA) is 62.4 Å². The summed E-state index contributed by atoms with van der Waals surface area (Å²) < 4.78 is 5.82. The van der Waals surface area contributed by atoms with Crippen LogP contribution in [0, 0.1) is 0 Å². The van der Waals surface area contributed by atoms with Crippen LogP contribution >= 0.6 is 0 Å². The lowest BCUT2D eigenvalue weighted by Crippen LogP contribution is -2.54. The minimum atomic E-state index is -1.17. The SMILES string of the molecule is CCOC(=O)[C@@H]1c2c([nH]c3ccccc23)C[C@@H](c2ccccc2)[C@@]12C(=O)N(Cc1ccccc1)c1ccccc12. The number of amides is 1. The average Bonchev–Trinajstić information content (AvgIpc) is 3.48. The van der Waals surface area contributed by atoms with Gasteiger partial charge in [-0.15, -0.1) is 0 Å². The molecule has 0 unspecified atom stereocenters. The molecule has 0 radical (unpaired) electrons. The largest absolute Gasteiger partial charge is 0.465 e. The molecule has 2 aliphatic rings. The first kappa shape index (κ1) is 24.4. The van der Waals surface area contributed by atoms with E-state index in [9.17, 15) is 4.79 Å². The second kappa shape index (κ2) is 9.53. The number of ether oxygens (including phenoxy) is 1. The lowest BCUT2D eigenvalue weighted by Gasteiger charge is -2.45. The molecule has 4 aromatic carbocycles. The number of nitrogens with zero attached hydrogens (tertiary/aromatic N) is 1. The second-order valence-electron chi connectivity index (χ2n) is 10.7. The smallest absolute Gasteiger partial charge is 0.314 e. The maximum absolute atomic E-state index is 15.2. The molecule has 1 spiro atoms. The molecule has 198 valence electrons. The summed E-state index contributed by atoms with van der Waals surface area (Å²) in [6.07, 6.45) is 0.600. The van der Waals surface area contributed by atoms with Crippen molar-refractivity contribution in [3.63, 3.8) is 0 Å². The normalized spacial score (nSPS) is 21.4. The Bertz CT molecular complexity index is 1730. The van der Waals surface area contributed by atoms with Crippen LogP contribution in [0.1, 0.15) is 46.7 Å². The van der Waals surface area contributed by atoms with Crippen molar-refractivity contribution in [2.45, 2.75) is 37.1 Å². The lowest BCUT2D eigenvalue weighted by molar-refractivity contribution is -0.150. The lowest BCUT2D eigenvalue weighted by atomic mass is 9.54. The maximum Gasteiger partial charge on any atom is 0.314 e. The number of rotatable bonds is 5. The van der Waals surface area contributed by atoms with Crippen LogP contribution in [-0.2, 0) is 32.7 Å². The number of anilines is 1. The number of hydrogen-bond donors (Lipinski definition) is 1. The number of carbonyl (C=O) groups is 2.